The van der Waals surface area contributed by atoms with Crippen LogP contribution in [-0.4, -0.2) is 19.4 Å². The topological polar surface area (TPSA) is 15.6 Å². The van der Waals surface area contributed by atoms with Gasteiger partial charge < -0.3 is 4.90 Å². The molecule has 16 heavy (non-hydrogen) atoms. The molecule has 86 valence electrons. The van der Waals surface area contributed by atoms with E-state index in [4.69, 9.17) is 0 Å². The summed E-state index contributed by atoms with van der Waals surface area (Å²) >= 11 is 0. The van der Waals surface area contributed by atoms with Crippen LogP contribution in [0.25, 0.3) is 0 Å². The van der Waals surface area contributed by atoms with Crippen molar-refractivity contribution in [2.45, 2.75) is 32.6 Å². The molecule has 2 heteroatoms. The zero-order valence-corrected chi connectivity index (χ0v) is 10.0. The number of anilines is 1. The van der Waals surface area contributed by atoms with Crippen LogP contribution < -0.4 is 4.90 Å². The SMILES string of the molecule is CCCCCCN1CN=Cc2ccccc21. The fourth-order valence-corrected chi connectivity index (χ4v) is 2.12. The summed E-state index contributed by atoms with van der Waals surface area (Å²) < 4.78 is 0. The number of unbranched alkanes of at least 4 members (excludes halogenated alkanes) is 3. The molecule has 0 amide bonds. The Morgan fingerprint density at radius 2 is 2.06 bits per heavy atom. The molecule has 0 N–H and O–H groups in total. The van der Waals surface area contributed by atoms with Crippen molar-refractivity contribution in [3.05, 3.63) is 29.8 Å². The second-order valence-corrected chi connectivity index (χ2v) is 4.34. The van der Waals surface area contributed by atoms with Crippen molar-refractivity contribution < 1.29 is 0 Å². The Hall–Kier alpha value is -1.31. The molecule has 0 bridgehead atoms. The molecule has 0 aliphatic carbocycles. The number of nitrogens with zero attached hydrogens (tertiary/aromatic N) is 2. The Bertz CT molecular complexity index is 358. The molecular weight excluding hydrogens is 196 g/mol. The fraction of sp³-hybridized carbons (Fsp3) is 0.500. The normalized spacial score (nSPS) is 13.9. The number of fused-ring (bicyclic) bond motifs is 1. The number of aliphatic imine (C=N–C) groups is 1. The van der Waals surface area contributed by atoms with Gasteiger partial charge in [-0.1, -0.05) is 44.4 Å². The number of rotatable bonds is 5. The van der Waals surface area contributed by atoms with Gasteiger partial charge in [-0.15, -0.1) is 0 Å². The summed E-state index contributed by atoms with van der Waals surface area (Å²) in [4.78, 5) is 6.78. The van der Waals surface area contributed by atoms with Gasteiger partial charge >= 0.3 is 0 Å². The highest BCUT2D eigenvalue weighted by Crippen LogP contribution is 2.22. The lowest BCUT2D eigenvalue weighted by Crippen LogP contribution is -2.28. The average molecular weight is 216 g/mol. The monoisotopic (exact) mass is 216 g/mol. The zero-order chi connectivity index (χ0) is 11.2. The molecule has 1 aliphatic heterocycles. The summed E-state index contributed by atoms with van der Waals surface area (Å²) in [7, 11) is 0. The number of hydrogen-bond acceptors (Lipinski definition) is 2. The summed E-state index contributed by atoms with van der Waals surface area (Å²) in [5.74, 6) is 0. The summed E-state index contributed by atoms with van der Waals surface area (Å²) in [5, 5.41) is 0. The Balaban J connectivity index is 1.94. The van der Waals surface area contributed by atoms with Crippen molar-refractivity contribution in [1.82, 2.24) is 0 Å². The van der Waals surface area contributed by atoms with E-state index in [1.807, 2.05) is 6.21 Å². The quantitative estimate of drug-likeness (QED) is 0.688. The minimum Gasteiger partial charge on any atom is -0.352 e. The van der Waals surface area contributed by atoms with Gasteiger partial charge in [-0.2, -0.15) is 0 Å². The third-order valence-electron chi connectivity index (χ3n) is 3.04. The smallest absolute Gasteiger partial charge is 0.110 e. The van der Waals surface area contributed by atoms with Crippen molar-refractivity contribution in [2.24, 2.45) is 4.99 Å². The van der Waals surface area contributed by atoms with Gasteiger partial charge in [-0.05, 0) is 12.5 Å². The van der Waals surface area contributed by atoms with Crippen LogP contribution in [0.5, 0.6) is 0 Å². The second-order valence-electron chi connectivity index (χ2n) is 4.34. The Morgan fingerprint density at radius 1 is 1.19 bits per heavy atom. The first kappa shape index (κ1) is 11.2. The molecule has 1 aromatic rings. The predicted octanol–water partition coefficient (Wildman–Crippen LogP) is 3.46. The molecule has 2 rings (SSSR count). The van der Waals surface area contributed by atoms with E-state index in [0.29, 0.717) is 0 Å². The third kappa shape index (κ3) is 2.63. The third-order valence-corrected chi connectivity index (χ3v) is 3.04. The first-order valence-corrected chi connectivity index (χ1v) is 6.25. The van der Waals surface area contributed by atoms with Crippen LogP contribution in [0.15, 0.2) is 29.3 Å². The van der Waals surface area contributed by atoms with E-state index in [2.05, 4.69) is 41.1 Å². The van der Waals surface area contributed by atoms with E-state index in [-0.39, 0.29) is 0 Å². The lowest BCUT2D eigenvalue weighted by molar-refractivity contribution is 0.645. The van der Waals surface area contributed by atoms with Gasteiger partial charge in [0.15, 0.2) is 0 Å². The lowest BCUT2D eigenvalue weighted by Gasteiger charge is -2.27. The molecule has 2 nitrogen and oxygen atoms in total. The van der Waals surface area contributed by atoms with Crippen LogP contribution in [0.4, 0.5) is 5.69 Å². The van der Waals surface area contributed by atoms with Gasteiger partial charge in [-0.3, -0.25) is 4.99 Å². The van der Waals surface area contributed by atoms with Crippen molar-refractivity contribution in [2.75, 3.05) is 18.1 Å². The first-order valence-electron chi connectivity index (χ1n) is 6.25. The Labute approximate surface area is 98.0 Å². The lowest BCUT2D eigenvalue weighted by atomic mass is 10.1. The van der Waals surface area contributed by atoms with Crippen molar-refractivity contribution in [3.63, 3.8) is 0 Å². The second kappa shape index (κ2) is 5.69. The van der Waals surface area contributed by atoms with Gasteiger partial charge in [0.05, 0.1) is 0 Å². The van der Waals surface area contributed by atoms with Gasteiger partial charge in [0.25, 0.3) is 0 Å². The molecule has 1 heterocycles. The maximum absolute atomic E-state index is 4.40. The molecule has 0 aromatic heterocycles. The summed E-state index contributed by atoms with van der Waals surface area (Å²) in [6, 6.07) is 8.51. The highest BCUT2D eigenvalue weighted by molar-refractivity contribution is 5.89. The Morgan fingerprint density at radius 3 is 2.94 bits per heavy atom. The van der Waals surface area contributed by atoms with Crippen molar-refractivity contribution >= 4 is 11.9 Å². The maximum atomic E-state index is 4.40. The number of para-hydroxylation sites is 1. The number of benzene rings is 1. The van der Waals surface area contributed by atoms with Crippen LogP contribution in [0, 0.1) is 0 Å². The average Bonchev–Trinajstić information content (AvgIpc) is 2.35. The number of hydrogen-bond donors (Lipinski definition) is 0. The van der Waals surface area contributed by atoms with E-state index in [9.17, 15) is 0 Å². The predicted molar refractivity (Wildman–Crippen MR) is 70.4 cm³/mol. The van der Waals surface area contributed by atoms with Gasteiger partial charge in [0, 0.05) is 24.0 Å². The summed E-state index contributed by atoms with van der Waals surface area (Å²) in [5.41, 5.74) is 2.60. The molecule has 1 aliphatic rings. The molecule has 0 radical (unpaired) electrons. The summed E-state index contributed by atoms with van der Waals surface area (Å²) in [6.45, 7) is 4.21. The van der Waals surface area contributed by atoms with Crippen molar-refractivity contribution in [3.8, 4) is 0 Å². The van der Waals surface area contributed by atoms with E-state index < -0.39 is 0 Å². The van der Waals surface area contributed by atoms with Crippen LogP contribution in [0.2, 0.25) is 0 Å². The van der Waals surface area contributed by atoms with E-state index >= 15 is 0 Å². The van der Waals surface area contributed by atoms with Crippen LogP contribution in [0.1, 0.15) is 38.2 Å². The summed E-state index contributed by atoms with van der Waals surface area (Å²) in [6.07, 6.45) is 7.24. The minimum atomic E-state index is 0.823. The Kier molecular flexibility index (Phi) is 3.97. The first-order chi connectivity index (χ1) is 7.92. The minimum absolute atomic E-state index is 0.823. The maximum Gasteiger partial charge on any atom is 0.110 e. The molecular formula is C14H20N2. The zero-order valence-electron chi connectivity index (χ0n) is 10.0. The molecule has 0 saturated carbocycles. The van der Waals surface area contributed by atoms with E-state index in [1.165, 1.54) is 36.9 Å². The van der Waals surface area contributed by atoms with Gasteiger partial charge in [-0.25, -0.2) is 0 Å². The molecule has 0 fully saturated rings. The van der Waals surface area contributed by atoms with Crippen LogP contribution in [-0.2, 0) is 0 Å². The standard InChI is InChI=1S/C14H20N2/c1-2-3-4-7-10-16-12-15-11-13-8-5-6-9-14(13)16/h5-6,8-9,11H,2-4,7,10,12H2,1H3. The molecule has 0 unspecified atom stereocenters. The van der Waals surface area contributed by atoms with Crippen LogP contribution >= 0.6 is 0 Å². The molecule has 0 saturated heterocycles. The van der Waals surface area contributed by atoms with Gasteiger partial charge in [0.1, 0.15) is 6.67 Å². The molecule has 0 atom stereocenters. The van der Waals surface area contributed by atoms with Crippen LogP contribution in [0.3, 0.4) is 0 Å². The van der Waals surface area contributed by atoms with E-state index in [1.54, 1.807) is 0 Å². The van der Waals surface area contributed by atoms with Gasteiger partial charge in [0.2, 0.25) is 0 Å². The van der Waals surface area contributed by atoms with E-state index in [0.717, 1.165) is 13.2 Å². The largest absolute Gasteiger partial charge is 0.352 e. The highest BCUT2D eigenvalue weighted by atomic mass is 15.2. The van der Waals surface area contributed by atoms with Crippen molar-refractivity contribution in [1.29, 1.82) is 0 Å². The fourth-order valence-electron chi connectivity index (χ4n) is 2.12. The molecule has 0 spiro atoms. The molecule has 1 aromatic carbocycles. The highest BCUT2D eigenvalue weighted by Gasteiger charge is 2.11.